The number of carboxylic acids is 1. The number of benzene rings is 1. The highest BCUT2D eigenvalue weighted by atomic mass is 16.4. The molecule has 1 aromatic carbocycles. The number of carbonyl (C=O) groups is 2. The minimum atomic E-state index is -0.829. The molecule has 0 aliphatic heterocycles. The van der Waals surface area contributed by atoms with Crippen LogP contribution in [0.15, 0.2) is 30.3 Å². The van der Waals surface area contributed by atoms with Gasteiger partial charge in [0, 0.05) is 19.2 Å². The number of carboxylic acid groups (broad SMARTS) is 1. The Hall–Kier alpha value is -1.84. The second kappa shape index (κ2) is 6.92. The fourth-order valence-electron chi connectivity index (χ4n) is 1.98. The number of carbonyl (C=O) groups excluding carboxylic acids is 1. The van der Waals surface area contributed by atoms with E-state index in [2.05, 4.69) is 0 Å². The summed E-state index contributed by atoms with van der Waals surface area (Å²) < 4.78 is 0. The highest BCUT2D eigenvalue weighted by Crippen LogP contribution is 2.19. The number of nitrogens with zero attached hydrogens (tertiary/aromatic N) is 1. The lowest BCUT2D eigenvalue weighted by Gasteiger charge is -2.20. The Labute approximate surface area is 114 Å². The summed E-state index contributed by atoms with van der Waals surface area (Å²) in [5.41, 5.74) is 0.823. The van der Waals surface area contributed by atoms with Crippen LogP contribution in [0.4, 0.5) is 5.69 Å². The smallest absolute Gasteiger partial charge is 0.306 e. The molecule has 0 heterocycles. The molecular weight excluding hydrogens is 242 g/mol. The molecule has 0 fully saturated rings. The third kappa shape index (κ3) is 4.39. The van der Waals surface area contributed by atoms with E-state index in [1.165, 1.54) is 0 Å². The first-order chi connectivity index (χ1) is 8.93. The third-order valence-electron chi connectivity index (χ3n) is 3.31. The van der Waals surface area contributed by atoms with Crippen LogP contribution in [0.3, 0.4) is 0 Å². The van der Waals surface area contributed by atoms with Crippen LogP contribution < -0.4 is 4.90 Å². The number of hydrogen-bond donors (Lipinski definition) is 1. The molecule has 1 N–H and O–H groups in total. The summed E-state index contributed by atoms with van der Waals surface area (Å²) in [4.78, 5) is 24.7. The van der Waals surface area contributed by atoms with Crippen molar-refractivity contribution in [3.8, 4) is 0 Å². The molecule has 104 valence electrons. The molecule has 19 heavy (non-hydrogen) atoms. The first kappa shape index (κ1) is 15.2. The highest BCUT2D eigenvalue weighted by molar-refractivity contribution is 5.92. The van der Waals surface area contributed by atoms with E-state index in [1.807, 2.05) is 44.2 Å². The lowest BCUT2D eigenvalue weighted by molar-refractivity contribution is -0.143. The molecule has 0 aromatic heterocycles. The van der Waals surface area contributed by atoms with Crippen LogP contribution in [0, 0.1) is 11.8 Å². The molecule has 0 spiro atoms. The number of hydrogen-bond acceptors (Lipinski definition) is 2. The van der Waals surface area contributed by atoms with Gasteiger partial charge in [-0.2, -0.15) is 0 Å². The van der Waals surface area contributed by atoms with Gasteiger partial charge in [-0.1, -0.05) is 32.0 Å². The van der Waals surface area contributed by atoms with E-state index in [4.69, 9.17) is 5.11 Å². The van der Waals surface area contributed by atoms with Crippen molar-refractivity contribution >= 4 is 17.6 Å². The van der Waals surface area contributed by atoms with E-state index in [1.54, 1.807) is 11.9 Å². The average Bonchev–Trinajstić information content (AvgIpc) is 2.38. The Bertz CT molecular complexity index is 428. The summed E-state index contributed by atoms with van der Waals surface area (Å²) in [6.45, 7) is 3.73. The molecule has 0 radical (unpaired) electrons. The molecule has 0 aliphatic carbocycles. The number of rotatable bonds is 6. The van der Waals surface area contributed by atoms with Gasteiger partial charge >= 0.3 is 5.97 Å². The number of para-hydroxylation sites is 1. The van der Waals surface area contributed by atoms with Crippen molar-refractivity contribution in [2.75, 3.05) is 11.9 Å². The van der Waals surface area contributed by atoms with E-state index in [0.717, 1.165) is 5.69 Å². The average molecular weight is 263 g/mol. The van der Waals surface area contributed by atoms with Crippen molar-refractivity contribution in [1.82, 2.24) is 0 Å². The summed E-state index contributed by atoms with van der Waals surface area (Å²) in [5.74, 6) is -1.32. The predicted octanol–water partition coefficient (Wildman–Crippen LogP) is 2.79. The van der Waals surface area contributed by atoms with Crippen LogP contribution in [0.2, 0.25) is 0 Å². The lowest BCUT2D eigenvalue weighted by Crippen LogP contribution is -2.28. The van der Waals surface area contributed by atoms with Gasteiger partial charge in [0.2, 0.25) is 5.91 Å². The molecule has 0 bridgehead atoms. The molecule has 1 aromatic rings. The molecular formula is C15H21NO3. The topological polar surface area (TPSA) is 57.6 Å². The summed E-state index contributed by atoms with van der Waals surface area (Å²) >= 11 is 0. The monoisotopic (exact) mass is 263 g/mol. The number of aliphatic carboxylic acids is 1. The van der Waals surface area contributed by atoms with Gasteiger partial charge in [-0.25, -0.2) is 0 Å². The fourth-order valence-corrected chi connectivity index (χ4v) is 1.98. The SMILES string of the molecule is CC(C)C(CCC(=O)N(C)c1ccccc1)C(=O)O. The Morgan fingerprint density at radius 3 is 2.26 bits per heavy atom. The third-order valence-corrected chi connectivity index (χ3v) is 3.31. The molecule has 4 heteroatoms. The van der Waals surface area contributed by atoms with Crippen molar-refractivity contribution in [1.29, 1.82) is 0 Å². The van der Waals surface area contributed by atoms with E-state index in [-0.39, 0.29) is 18.2 Å². The minimum absolute atomic E-state index is 0.0346. The quantitative estimate of drug-likeness (QED) is 0.858. The Morgan fingerprint density at radius 2 is 1.79 bits per heavy atom. The van der Waals surface area contributed by atoms with Gasteiger partial charge in [-0.3, -0.25) is 9.59 Å². The summed E-state index contributed by atoms with van der Waals surface area (Å²) in [5, 5.41) is 9.09. The first-order valence-electron chi connectivity index (χ1n) is 6.48. The number of anilines is 1. The van der Waals surface area contributed by atoms with Gasteiger partial charge in [-0.15, -0.1) is 0 Å². The summed E-state index contributed by atoms with van der Waals surface area (Å²) in [7, 11) is 1.71. The maximum absolute atomic E-state index is 12.0. The second-order valence-corrected chi connectivity index (χ2v) is 5.02. The summed E-state index contributed by atoms with van der Waals surface area (Å²) in [6, 6.07) is 9.34. The molecule has 0 saturated carbocycles. The zero-order valence-corrected chi connectivity index (χ0v) is 11.7. The second-order valence-electron chi connectivity index (χ2n) is 5.02. The summed E-state index contributed by atoms with van der Waals surface area (Å²) in [6.07, 6.45) is 0.629. The van der Waals surface area contributed by atoms with Crippen LogP contribution in [-0.4, -0.2) is 24.0 Å². The van der Waals surface area contributed by atoms with E-state index in [9.17, 15) is 9.59 Å². The maximum atomic E-state index is 12.0. The van der Waals surface area contributed by atoms with Crippen molar-refractivity contribution in [2.45, 2.75) is 26.7 Å². The molecule has 1 unspecified atom stereocenters. The minimum Gasteiger partial charge on any atom is -0.481 e. The van der Waals surface area contributed by atoms with Gasteiger partial charge < -0.3 is 10.0 Å². The van der Waals surface area contributed by atoms with Gasteiger partial charge in [0.25, 0.3) is 0 Å². The molecule has 4 nitrogen and oxygen atoms in total. The highest BCUT2D eigenvalue weighted by Gasteiger charge is 2.23. The van der Waals surface area contributed by atoms with Crippen LogP contribution in [-0.2, 0) is 9.59 Å². The standard InChI is InChI=1S/C15H21NO3/c1-11(2)13(15(18)19)9-10-14(17)16(3)12-7-5-4-6-8-12/h4-8,11,13H,9-10H2,1-3H3,(H,18,19). The maximum Gasteiger partial charge on any atom is 0.306 e. The first-order valence-corrected chi connectivity index (χ1v) is 6.48. The van der Waals surface area contributed by atoms with Crippen LogP contribution in [0.25, 0.3) is 0 Å². The molecule has 1 rings (SSSR count). The van der Waals surface area contributed by atoms with E-state index < -0.39 is 11.9 Å². The van der Waals surface area contributed by atoms with Gasteiger partial charge in [-0.05, 0) is 24.5 Å². The van der Waals surface area contributed by atoms with Gasteiger partial charge in [0.1, 0.15) is 0 Å². The molecule has 0 aliphatic rings. The van der Waals surface area contributed by atoms with E-state index >= 15 is 0 Å². The Balaban J connectivity index is 2.58. The number of amides is 1. The Kier molecular flexibility index (Phi) is 5.55. The fraction of sp³-hybridized carbons (Fsp3) is 0.467. The van der Waals surface area contributed by atoms with Crippen LogP contribution >= 0.6 is 0 Å². The zero-order chi connectivity index (χ0) is 14.4. The van der Waals surface area contributed by atoms with Crippen molar-refractivity contribution < 1.29 is 14.7 Å². The van der Waals surface area contributed by atoms with Gasteiger partial charge in [0.15, 0.2) is 0 Å². The van der Waals surface area contributed by atoms with E-state index in [0.29, 0.717) is 6.42 Å². The largest absolute Gasteiger partial charge is 0.481 e. The molecule has 1 atom stereocenters. The molecule has 1 amide bonds. The Morgan fingerprint density at radius 1 is 1.21 bits per heavy atom. The van der Waals surface area contributed by atoms with Crippen molar-refractivity contribution in [2.24, 2.45) is 11.8 Å². The molecule has 0 saturated heterocycles. The van der Waals surface area contributed by atoms with Crippen molar-refractivity contribution in [3.63, 3.8) is 0 Å². The zero-order valence-electron chi connectivity index (χ0n) is 11.7. The van der Waals surface area contributed by atoms with Crippen LogP contribution in [0.1, 0.15) is 26.7 Å². The van der Waals surface area contributed by atoms with Crippen molar-refractivity contribution in [3.05, 3.63) is 30.3 Å². The lowest BCUT2D eigenvalue weighted by atomic mass is 9.91. The van der Waals surface area contributed by atoms with Gasteiger partial charge in [0.05, 0.1) is 5.92 Å². The normalized spacial score (nSPS) is 12.2. The predicted molar refractivity (Wildman–Crippen MR) is 75.0 cm³/mol. The van der Waals surface area contributed by atoms with Crippen LogP contribution in [0.5, 0.6) is 0 Å².